The van der Waals surface area contributed by atoms with Crippen molar-refractivity contribution in [3.8, 4) is 0 Å². The molecule has 1 fully saturated rings. The Hall–Kier alpha value is -0.120. The second-order valence-electron chi connectivity index (χ2n) is 4.01. The van der Waals surface area contributed by atoms with Gasteiger partial charge >= 0.3 is 0 Å². The molecule has 0 aromatic rings. The van der Waals surface area contributed by atoms with E-state index in [-0.39, 0.29) is 0 Å². The van der Waals surface area contributed by atoms with E-state index < -0.39 is 0 Å². The lowest BCUT2D eigenvalue weighted by Gasteiger charge is -2.33. The third-order valence-corrected chi connectivity index (χ3v) is 2.40. The molecule has 3 nitrogen and oxygen atoms in total. The molecule has 1 N–H and O–H groups in total. The lowest BCUT2D eigenvalue weighted by Crippen LogP contribution is -2.47. The number of methoxy groups -OCH3 is 1. The molecule has 1 heterocycles. The number of nitrogens with one attached hydrogen (secondary N) is 1. The maximum Gasteiger partial charge on any atom is 0.0531 e. The second kappa shape index (κ2) is 5.58. The van der Waals surface area contributed by atoms with E-state index in [0.29, 0.717) is 18.0 Å². The number of hydrogen-bond acceptors (Lipinski definition) is 3. The molecule has 1 aliphatic heterocycles. The van der Waals surface area contributed by atoms with Crippen LogP contribution in [0, 0.1) is 5.92 Å². The molecule has 1 rings (SSSR count). The molecule has 78 valence electrons. The smallest absolute Gasteiger partial charge is 0.0531 e. The van der Waals surface area contributed by atoms with Gasteiger partial charge in [0.1, 0.15) is 0 Å². The zero-order valence-corrected chi connectivity index (χ0v) is 8.88. The van der Waals surface area contributed by atoms with Crippen molar-refractivity contribution in [3.05, 3.63) is 0 Å². The first-order chi connectivity index (χ1) is 6.24. The van der Waals surface area contributed by atoms with Crippen molar-refractivity contribution >= 4 is 0 Å². The molecule has 2 atom stereocenters. The first-order valence-electron chi connectivity index (χ1n) is 5.06. The standard InChI is InChI=1S/C10H21NO2/c1-8(2)11-10-4-5-13-7-9(10)6-12-3/h8-11H,4-7H2,1-3H3. The molecule has 1 saturated heterocycles. The molecular weight excluding hydrogens is 166 g/mol. The van der Waals surface area contributed by atoms with Crippen LogP contribution in [-0.4, -0.2) is 39.0 Å². The van der Waals surface area contributed by atoms with Gasteiger partial charge in [0.15, 0.2) is 0 Å². The fourth-order valence-electron chi connectivity index (χ4n) is 1.82. The summed E-state index contributed by atoms with van der Waals surface area (Å²) in [5.41, 5.74) is 0. The van der Waals surface area contributed by atoms with Gasteiger partial charge in [-0.25, -0.2) is 0 Å². The number of ether oxygens (including phenoxy) is 2. The summed E-state index contributed by atoms with van der Waals surface area (Å²) in [6.45, 7) is 6.87. The van der Waals surface area contributed by atoms with Crippen molar-refractivity contribution in [3.63, 3.8) is 0 Å². The molecule has 0 aromatic heterocycles. The Labute approximate surface area is 80.8 Å². The van der Waals surface area contributed by atoms with E-state index in [9.17, 15) is 0 Å². The molecule has 0 amide bonds. The fraction of sp³-hybridized carbons (Fsp3) is 1.00. The van der Waals surface area contributed by atoms with Crippen LogP contribution < -0.4 is 5.32 Å². The van der Waals surface area contributed by atoms with Crippen molar-refractivity contribution in [1.29, 1.82) is 0 Å². The quantitative estimate of drug-likeness (QED) is 0.713. The van der Waals surface area contributed by atoms with Crippen LogP contribution >= 0.6 is 0 Å². The van der Waals surface area contributed by atoms with Gasteiger partial charge in [-0.3, -0.25) is 0 Å². The average molecular weight is 187 g/mol. The predicted molar refractivity (Wildman–Crippen MR) is 52.9 cm³/mol. The molecule has 0 spiro atoms. The van der Waals surface area contributed by atoms with Gasteiger partial charge in [0, 0.05) is 31.7 Å². The Bertz CT molecular complexity index is 137. The highest BCUT2D eigenvalue weighted by Crippen LogP contribution is 2.15. The molecule has 1 aliphatic rings. The molecular formula is C10H21NO2. The first-order valence-corrected chi connectivity index (χ1v) is 5.06. The maximum atomic E-state index is 5.43. The molecule has 0 saturated carbocycles. The largest absolute Gasteiger partial charge is 0.384 e. The summed E-state index contributed by atoms with van der Waals surface area (Å²) in [6.07, 6.45) is 1.10. The highest BCUT2D eigenvalue weighted by Gasteiger charge is 2.25. The minimum absolute atomic E-state index is 0.515. The first kappa shape index (κ1) is 11.0. The summed E-state index contributed by atoms with van der Waals surface area (Å²) >= 11 is 0. The fourth-order valence-corrected chi connectivity index (χ4v) is 1.82. The van der Waals surface area contributed by atoms with E-state index in [1.807, 2.05) is 0 Å². The normalized spacial score (nSPS) is 29.5. The summed E-state index contributed by atoms with van der Waals surface area (Å²) in [6, 6.07) is 1.11. The molecule has 3 heteroatoms. The maximum absolute atomic E-state index is 5.43. The molecule has 0 radical (unpaired) electrons. The summed E-state index contributed by atoms with van der Waals surface area (Å²) in [5, 5.41) is 3.56. The van der Waals surface area contributed by atoms with Crippen LogP contribution in [0.5, 0.6) is 0 Å². The van der Waals surface area contributed by atoms with Crippen molar-refractivity contribution in [1.82, 2.24) is 5.32 Å². The lowest BCUT2D eigenvalue weighted by atomic mass is 9.96. The van der Waals surface area contributed by atoms with E-state index in [1.165, 1.54) is 0 Å². The topological polar surface area (TPSA) is 30.5 Å². The lowest BCUT2D eigenvalue weighted by molar-refractivity contribution is -0.00370. The highest BCUT2D eigenvalue weighted by molar-refractivity contribution is 4.80. The third kappa shape index (κ3) is 3.63. The zero-order chi connectivity index (χ0) is 9.68. The van der Waals surface area contributed by atoms with Crippen LogP contribution in [0.25, 0.3) is 0 Å². The number of hydrogen-bond donors (Lipinski definition) is 1. The van der Waals surface area contributed by atoms with Crippen molar-refractivity contribution in [2.75, 3.05) is 26.9 Å². The van der Waals surface area contributed by atoms with E-state index in [1.54, 1.807) is 7.11 Å². The van der Waals surface area contributed by atoms with E-state index >= 15 is 0 Å². The Morgan fingerprint density at radius 1 is 1.54 bits per heavy atom. The van der Waals surface area contributed by atoms with Gasteiger partial charge in [0.05, 0.1) is 13.2 Å². The molecule has 13 heavy (non-hydrogen) atoms. The zero-order valence-electron chi connectivity index (χ0n) is 8.88. The molecule has 0 aromatic carbocycles. The van der Waals surface area contributed by atoms with Crippen LogP contribution in [0.2, 0.25) is 0 Å². The van der Waals surface area contributed by atoms with Gasteiger partial charge in [-0.05, 0) is 6.42 Å². The van der Waals surface area contributed by atoms with Crippen molar-refractivity contribution in [2.45, 2.75) is 32.4 Å². The van der Waals surface area contributed by atoms with E-state index in [4.69, 9.17) is 9.47 Å². The van der Waals surface area contributed by atoms with Gasteiger partial charge in [-0.2, -0.15) is 0 Å². The Balaban J connectivity index is 2.36. The summed E-state index contributed by atoms with van der Waals surface area (Å²) < 4.78 is 10.6. The third-order valence-electron chi connectivity index (χ3n) is 2.40. The van der Waals surface area contributed by atoms with Gasteiger partial charge < -0.3 is 14.8 Å². The Morgan fingerprint density at radius 3 is 2.92 bits per heavy atom. The van der Waals surface area contributed by atoms with E-state index in [2.05, 4.69) is 19.2 Å². The van der Waals surface area contributed by atoms with Crippen molar-refractivity contribution in [2.24, 2.45) is 5.92 Å². The van der Waals surface area contributed by atoms with Crippen LogP contribution in [0.1, 0.15) is 20.3 Å². The molecule has 0 bridgehead atoms. The minimum Gasteiger partial charge on any atom is -0.384 e. The van der Waals surface area contributed by atoms with E-state index in [0.717, 1.165) is 26.2 Å². The summed E-state index contributed by atoms with van der Waals surface area (Å²) in [7, 11) is 1.75. The van der Waals surface area contributed by atoms with Gasteiger partial charge in [-0.15, -0.1) is 0 Å². The Kier molecular flexibility index (Phi) is 4.70. The van der Waals surface area contributed by atoms with Crippen LogP contribution in [-0.2, 0) is 9.47 Å². The monoisotopic (exact) mass is 187 g/mol. The van der Waals surface area contributed by atoms with Gasteiger partial charge in [-0.1, -0.05) is 13.8 Å². The molecule has 2 unspecified atom stereocenters. The average Bonchev–Trinajstić information content (AvgIpc) is 2.08. The van der Waals surface area contributed by atoms with Crippen LogP contribution in [0.15, 0.2) is 0 Å². The van der Waals surface area contributed by atoms with Gasteiger partial charge in [0.25, 0.3) is 0 Å². The summed E-state index contributed by atoms with van der Waals surface area (Å²) in [5.74, 6) is 0.515. The predicted octanol–water partition coefficient (Wildman–Crippen LogP) is 1.04. The molecule has 0 aliphatic carbocycles. The van der Waals surface area contributed by atoms with Crippen LogP contribution in [0.4, 0.5) is 0 Å². The SMILES string of the molecule is COCC1COCCC1NC(C)C. The van der Waals surface area contributed by atoms with Crippen LogP contribution in [0.3, 0.4) is 0 Å². The highest BCUT2D eigenvalue weighted by atomic mass is 16.5. The second-order valence-corrected chi connectivity index (χ2v) is 4.01. The Morgan fingerprint density at radius 2 is 2.31 bits per heavy atom. The van der Waals surface area contributed by atoms with Gasteiger partial charge in [0.2, 0.25) is 0 Å². The minimum atomic E-state index is 0.515. The summed E-state index contributed by atoms with van der Waals surface area (Å²) in [4.78, 5) is 0. The van der Waals surface area contributed by atoms with Crippen molar-refractivity contribution < 1.29 is 9.47 Å². The number of rotatable bonds is 4.